The number of nitrogens with one attached hydrogen (secondary N) is 1. The molecule has 1 aliphatic heterocycles. The lowest BCUT2D eigenvalue weighted by Gasteiger charge is -2.33. The molecule has 1 aromatic heterocycles. The SMILES string of the molecule is CCN1CCN(CCc2c[nH]c3cc(C)ccc23)C(=O)C1. The number of amides is 1. The molecule has 1 fully saturated rings. The molecule has 3 rings (SSSR count). The topological polar surface area (TPSA) is 39.3 Å². The summed E-state index contributed by atoms with van der Waals surface area (Å²) in [7, 11) is 0. The van der Waals surface area contributed by atoms with Gasteiger partial charge in [0.1, 0.15) is 0 Å². The van der Waals surface area contributed by atoms with Crippen LogP contribution in [0.3, 0.4) is 0 Å². The number of hydrogen-bond acceptors (Lipinski definition) is 2. The number of piperazine rings is 1. The summed E-state index contributed by atoms with van der Waals surface area (Å²) >= 11 is 0. The fraction of sp³-hybridized carbons (Fsp3) is 0.471. The third kappa shape index (κ3) is 2.95. The number of nitrogens with zero attached hydrogens (tertiary/aromatic N) is 2. The second kappa shape index (κ2) is 5.90. The molecule has 0 radical (unpaired) electrons. The van der Waals surface area contributed by atoms with Gasteiger partial charge in [-0.1, -0.05) is 19.1 Å². The number of rotatable bonds is 4. The minimum atomic E-state index is 0.263. The van der Waals surface area contributed by atoms with Crippen LogP contribution in [0.4, 0.5) is 0 Å². The highest BCUT2D eigenvalue weighted by Gasteiger charge is 2.22. The Morgan fingerprint density at radius 2 is 2.14 bits per heavy atom. The highest BCUT2D eigenvalue weighted by Crippen LogP contribution is 2.20. The number of fused-ring (bicyclic) bond motifs is 1. The van der Waals surface area contributed by atoms with Crippen LogP contribution < -0.4 is 0 Å². The molecule has 1 N–H and O–H groups in total. The monoisotopic (exact) mass is 285 g/mol. The van der Waals surface area contributed by atoms with Crippen molar-refractivity contribution in [2.75, 3.05) is 32.7 Å². The quantitative estimate of drug-likeness (QED) is 0.935. The average Bonchev–Trinajstić information content (AvgIpc) is 2.88. The molecule has 2 aromatic rings. The fourth-order valence-electron chi connectivity index (χ4n) is 3.03. The predicted molar refractivity (Wildman–Crippen MR) is 85.4 cm³/mol. The summed E-state index contributed by atoms with van der Waals surface area (Å²) in [5, 5.41) is 1.28. The van der Waals surface area contributed by atoms with Crippen molar-refractivity contribution in [2.24, 2.45) is 0 Å². The zero-order valence-electron chi connectivity index (χ0n) is 12.9. The molecular weight excluding hydrogens is 262 g/mol. The van der Waals surface area contributed by atoms with E-state index >= 15 is 0 Å². The lowest BCUT2D eigenvalue weighted by molar-refractivity contribution is -0.135. The predicted octanol–water partition coefficient (Wildman–Crippen LogP) is 2.18. The van der Waals surface area contributed by atoms with Crippen LogP contribution in [-0.4, -0.2) is 53.4 Å². The van der Waals surface area contributed by atoms with Crippen molar-refractivity contribution in [1.82, 2.24) is 14.8 Å². The van der Waals surface area contributed by atoms with Gasteiger partial charge in [-0.15, -0.1) is 0 Å². The number of aromatic amines is 1. The molecule has 1 aromatic carbocycles. The maximum atomic E-state index is 12.1. The lowest BCUT2D eigenvalue weighted by atomic mass is 10.1. The molecule has 0 aliphatic carbocycles. The van der Waals surface area contributed by atoms with E-state index in [1.54, 1.807) is 0 Å². The third-order valence-electron chi connectivity index (χ3n) is 4.42. The van der Waals surface area contributed by atoms with E-state index in [4.69, 9.17) is 0 Å². The van der Waals surface area contributed by atoms with Crippen LogP contribution in [0.25, 0.3) is 10.9 Å². The van der Waals surface area contributed by atoms with Crippen molar-refractivity contribution in [3.8, 4) is 0 Å². The van der Waals surface area contributed by atoms with Gasteiger partial charge in [0, 0.05) is 36.7 Å². The Labute approximate surface area is 125 Å². The molecule has 0 atom stereocenters. The van der Waals surface area contributed by atoms with Crippen LogP contribution >= 0.6 is 0 Å². The summed E-state index contributed by atoms with van der Waals surface area (Å²) in [5.74, 6) is 0.263. The van der Waals surface area contributed by atoms with E-state index in [1.807, 2.05) is 4.90 Å². The molecule has 1 aliphatic rings. The smallest absolute Gasteiger partial charge is 0.236 e. The minimum absolute atomic E-state index is 0.263. The summed E-state index contributed by atoms with van der Waals surface area (Å²) in [5.41, 5.74) is 3.75. The molecule has 1 amide bonds. The van der Waals surface area contributed by atoms with E-state index < -0.39 is 0 Å². The van der Waals surface area contributed by atoms with E-state index in [9.17, 15) is 4.79 Å². The molecule has 0 spiro atoms. The maximum Gasteiger partial charge on any atom is 0.236 e. The van der Waals surface area contributed by atoms with Crippen molar-refractivity contribution < 1.29 is 4.79 Å². The van der Waals surface area contributed by atoms with Gasteiger partial charge in [-0.25, -0.2) is 0 Å². The van der Waals surface area contributed by atoms with Gasteiger partial charge in [-0.2, -0.15) is 0 Å². The van der Waals surface area contributed by atoms with Gasteiger partial charge in [-0.3, -0.25) is 9.69 Å². The molecule has 0 bridgehead atoms. The van der Waals surface area contributed by atoms with E-state index in [0.717, 1.165) is 32.6 Å². The Bertz CT molecular complexity index is 647. The summed E-state index contributed by atoms with van der Waals surface area (Å²) in [6.45, 7) is 8.41. The Morgan fingerprint density at radius 3 is 2.90 bits per heavy atom. The van der Waals surface area contributed by atoms with Crippen LogP contribution in [0.1, 0.15) is 18.1 Å². The first-order chi connectivity index (χ1) is 10.2. The van der Waals surface area contributed by atoms with E-state index in [2.05, 4.69) is 48.1 Å². The first-order valence-electron chi connectivity index (χ1n) is 7.74. The largest absolute Gasteiger partial charge is 0.361 e. The third-order valence-corrected chi connectivity index (χ3v) is 4.42. The summed E-state index contributed by atoms with van der Waals surface area (Å²) in [4.78, 5) is 19.6. The van der Waals surface area contributed by atoms with E-state index in [0.29, 0.717) is 6.54 Å². The standard InChI is InChI=1S/C17H23N3O/c1-3-19-8-9-20(17(21)12-19)7-6-14-11-18-16-10-13(2)4-5-15(14)16/h4-5,10-11,18H,3,6-9,12H2,1-2H3. The van der Waals surface area contributed by atoms with Crippen molar-refractivity contribution in [1.29, 1.82) is 0 Å². The van der Waals surface area contributed by atoms with Crippen molar-refractivity contribution in [2.45, 2.75) is 20.3 Å². The van der Waals surface area contributed by atoms with Gasteiger partial charge in [0.05, 0.1) is 6.54 Å². The Kier molecular flexibility index (Phi) is 3.97. The second-order valence-electron chi connectivity index (χ2n) is 5.86. The molecule has 21 heavy (non-hydrogen) atoms. The molecule has 1 saturated heterocycles. The number of carbonyl (C=O) groups excluding carboxylic acids is 1. The average molecular weight is 285 g/mol. The fourth-order valence-corrected chi connectivity index (χ4v) is 3.03. The van der Waals surface area contributed by atoms with Crippen LogP contribution in [-0.2, 0) is 11.2 Å². The van der Waals surface area contributed by atoms with E-state index in [1.165, 1.54) is 22.0 Å². The van der Waals surface area contributed by atoms with Gasteiger partial charge < -0.3 is 9.88 Å². The summed E-state index contributed by atoms with van der Waals surface area (Å²) < 4.78 is 0. The highest BCUT2D eigenvalue weighted by molar-refractivity contribution is 5.84. The van der Waals surface area contributed by atoms with Crippen LogP contribution in [0, 0.1) is 6.92 Å². The lowest BCUT2D eigenvalue weighted by Crippen LogP contribution is -2.50. The van der Waals surface area contributed by atoms with Gasteiger partial charge >= 0.3 is 0 Å². The summed E-state index contributed by atoms with van der Waals surface area (Å²) in [6, 6.07) is 6.49. The highest BCUT2D eigenvalue weighted by atomic mass is 16.2. The van der Waals surface area contributed by atoms with Gasteiger partial charge in [0.15, 0.2) is 0 Å². The molecule has 4 nitrogen and oxygen atoms in total. The van der Waals surface area contributed by atoms with Gasteiger partial charge in [-0.05, 0) is 37.1 Å². The second-order valence-corrected chi connectivity index (χ2v) is 5.86. The number of H-pyrrole nitrogens is 1. The number of aryl methyl sites for hydroxylation is 1. The summed E-state index contributed by atoms with van der Waals surface area (Å²) in [6.07, 6.45) is 3.00. The van der Waals surface area contributed by atoms with Gasteiger partial charge in [0.25, 0.3) is 0 Å². The molecule has 0 unspecified atom stereocenters. The number of likely N-dealkylation sites (N-methyl/N-ethyl adjacent to an activating group) is 1. The van der Waals surface area contributed by atoms with Crippen molar-refractivity contribution in [3.63, 3.8) is 0 Å². The number of hydrogen-bond donors (Lipinski definition) is 1. The maximum absolute atomic E-state index is 12.1. The molecule has 112 valence electrons. The van der Waals surface area contributed by atoms with Crippen LogP contribution in [0.5, 0.6) is 0 Å². The van der Waals surface area contributed by atoms with Gasteiger partial charge in [0.2, 0.25) is 5.91 Å². The molecular formula is C17H23N3O. The Hall–Kier alpha value is -1.81. The van der Waals surface area contributed by atoms with Crippen molar-refractivity contribution >= 4 is 16.8 Å². The molecule has 4 heteroatoms. The minimum Gasteiger partial charge on any atom is -0.361 e. The first-order valence-corrected chi connectivity index (χ1v) is 7.74. The number of aromatic nitrogens is 1. The number of benzene rings is 1. The normalized spacial score (nSPS) is 16.9. The zero-order valence-corrected chi connectivity index (χ0v) is 12.9. The Balaban J connectivity index is 1.65. The molecule has 2 heterocycles. The van der Waals surface area contributed by atoms with Crippen LogP contribution in [0.2, 0.25) is 0 Å². The van der Waals surface area contributed by atoms with Crippen LogP contribution in [0.15, 0.2) is 24.4 Å². The first kappa shape index (κ1) is 14.1. The number of carbonyl (C=O) groups is 1. The van der Waals surface area contributed by atoms with Crippen molar-refractivity contribution in [3.05, 3.63) is 35.5 Å². The van der Waals surface area contributed by atoms with E-state index in [-0.39, 0.29) is 5.91 Å². The molecule has 0 saturated carbocycles. The Morgan fingerprint density at radius 1 is 1.29 bits per heavy atom. The zero-order chi connectivity index (χ0) is 14.8.